The molecular formula is C11H17O4P. The van der Waals surface area contributed by atoms with Gasteiger partial charge >= 0.3 is 7.60 Å². The summed E-state index contributed by atoms with van der Waals surface area (Å²) in [6.07, 6.45) is 0.132. The zero-order valence-electron chi connectivity index (χ0n) is 9.50. The van der Waals surface area contributed by atoms with E-state index >= 15 is 0 Å². The Balaban J connectivity index is 2.45. The van der Waals surface area contributed by atoms with E-state index in [-0.39, 0.29) is 12.5 Å². The standard InChI is InChI=1S/C11H17O4P/c1-3-10(2)15-16(12,13)9-14-11-7-5-4-6-8-11/h4-8,10H,3,9H2,1-2H3,(H,12,13). The van der Waals surface area contributed by atoms with Gasteiger partial charge in [0.15, 0.2) is 6.35 Å². The first-order valence-corrected chi connectivity index (χ1v) is 6.98. The van der Waals surface area contributed by atoms with Crippen molar-refractivity contribution < 1.29 is 18.7 Å². The van der Waals surface area contributed by atoms with Crippen LogP contribution in [0.5, 0.6) is 5.75 Å². The molecule has 0 saturated carbocycles. The largest absolute Gasteiger partial charge is 0.481 e. The minimum absolute atomic E-state index is 0.241. The number of para-hydroxylation sites is 1. The molecule has 1 aromatic carbocycles. The molecule has 1 N–H and O–H groups in total. The van der Waals surface area contributed by atoms with Gasteiger partial charge in [0.25, 0.3) is 0 Å². The Morgan fingerprint density at radius 3 is 2.56 bits per heavy atom. The van der Waals surface area contributed by atoms with Crippen LogP contribution in [-0.4, -0.2) is 17.3 Å². The molecule has 0 fully saturated rings. The van der Waals surface area contributed by atoms with Crippen LogP contribution in [0.4, 0.5) is 0 Å². The smallest absolute Gasteiger partial charge is 0.365 e. The molecule has 0 heterocycles. The van der Waals surface area contributed by atoms with Crippen molar-refractivity contribution in [3.63, 3.8) is 0 Å². The van der Waals surface area contributed by atoms with Crippen LogP contribution in [-0.2, 0) is 9.09 Å². The lowest BCUT2D eigenvalue weighted by molar-refractivity contribution is 0.170. The molecule has 0 radical (unpaired) electrons. The number of benzene rings is 1. The van der Waals surface area contributed by atoms with Crippen LogP contribution in [0.15, 0.2) is 30.3 Å². The molecule has 0 bridgehead atoms. The van der Waals surface area contributed by atoms with Crippen molar-refractivity contribution in [2.75, 3.05) is 6.35 Å². The lowest BCUT2D eigenvalue weighted by Crippen LogP contribution is -2.09. The molecule has 2 atom stereocenters. The lowest BCUT2D eigenvalue weighted by Gasteiger charge is -2.17. The lowest BCUT2D eigenvalue weighted by atomic mass is 10.3. The van der Waals surface area contributed by atoms with Crippen LogP contribution in [0, 0.1) is 0 Å². The first kappa shape index (κ1) is 13.2. The van der Waals surface area contributed by atoms with Crippen molar-refractivity contribution in [1.29, 1.82) is 0 Å². The number of hydrogen-bond donors (Lipinski definition) is 1. The Bertz CT molecular complexity index is 352. The van der Waals surface area contributed by atoms with Gasteiger partial charge in [0.2, 0.25) is 0 Å². The van der Waals surface area contributed by atoms with Crippen LogP contribution in [0.1, 0.15) is 20.3 Å². The van der Waals surface area contributed by atoms with E-state index in [1.807, 2.05) is 13.0 Å². The van der Waals surface area contributed by atoms with Crippen LogP contribution in [0.3, 0.4) is 0 Å². The second kappa shape index (κ2) is 6.04. The van der Waals surface area contributed by atoms with Gasteiger partial charge in [0.05, 0.1) is 6.10 Å². The number of hydrogen-bond acceptors (Lipinski definition) is 3. The molecule has 0 saturated heterocycles. The summed E-state index contributed by atoms with van der Waals surface area (Å²) in [6, 6.07) is 8.90. The van der Waals surface area contributed by atoms with Gasteiger partial charge in [-0.2, -0.15) is 0 Å². The third-order valence-electron chi connectivity index (χ3n) is 2.06. The summed E-state index contributed by atoms with van der Waals surface area (Å²) >= 11 is 0. The second-order valence-corrected chi connectivity index (χ2v) is 5.29. The number of ether oxygens (including phenoxy) is 1. The van der Waals surface area contributed by atoms with E-state index in [9.17, 15) is 9.46 Å². The molecular weight excluding hydrogens is 227 g/mol. The third kappa shape index (κ3) is 4.79. The van der Waals surface area contributed by atoms with Crippen LogP contribution >= 0.6 is 7.60 Å². The zero-order valence-corrected chi connectivity index (χ0v) is 10.4. The van der Waals surface area contributed by atoms with E-state index in [1.54, 1.807) is 31.2 Å². The van der Waals surface area contributed by atoms with Crippen molar-refractivity contribution >= 4 is 7.60 Å². The number of rotatable bonds is 6. The third-order valence-corrected chi connectivity index (χ3v) is 3.20. The molecule has 0 aliphatic heterocycles. The second-order valence-electron chi connectivity index (χ2n) is 3.55. The summed E-state index contributed by atoms with van der Waals surface area (Å²) in [5.41, 5.74) is 0. The molecule has 90 valence electrons. The normalized spacial score (nSPS) is 16.4. The molecule has 0 aliphatic rings. The average molecular weight is 244 g/mol. The molecule has 1 aromatic rings. The summed E-state index contributed by atoms with van der Waals surface area (Å²) in [5, 5.41) is 0. The fraction of sp³-hybridized carbons (Fsp3) is 0.455. The maximum Gasteiger partial charge on any atom is 0.365 e. The van der Waals surface area contributed by atoms with E-state index in [2.05, 4.69) is 0 Å². The Labute approximate surface area is 95.7 Å². The van der Waals surface area contributed by atoms with E-state index in [0.29, 0.717) is 12.2 Å². The maximum absolute atomic E-state index is 11.6. The SMILES string of the molecule is CCC(C)OP(=O)(O)COc1ccccc1. The highest BCUT2D eigenvalue weighted by Gasteiger charge is 2.23. The van der Waals surface area contributed by atoms with Gasteiger partial charge < -0.3 is 14.2 Å². The van der Waals surface area contributed by atoms with Gasteiger partial charge in [0, 0.05) is 0 Å². The van der Waals surface area contributed by atoms with Gasteiger partial charge in [0.1, 0.15) is 5.75 Å². The first-order chi connectivity index (χ1) is 7.53. The van der Waals surface area contributed by atoms with Gasteiger partial charge in [-0.05, 0) is 25.5 Å². The van der Waals surface area contributed by atoms with Crippen LogP contribution in [0.25, 0.3) is 0 Å². The molecule has 0 aromatic heterocycles. The molecule has 2 unspecified atom stereocenters. The average Bonchev–Trinajstić information content (AvgIpc) is 2.27. The van der Waals surface area contributed by atoms with Gasteiger partial charge in [-0.15, -0.1) is 0 Å². The van der Waals surface area contributed by atoms with Crippen LogP contribution in [0.2, 0.25) is 0 Å². The molecule has 5 heteroatoms. The Kier molecular flexibility index (Phi) is 5.00. The highest BCUT2D eigenvalue weighted by Crippen LogP contribution is 2.43. The van der Waals surface area contributed by atoms with Crippen molar-refractivity contribution in [3.8, 4) is 5.75 Å². The summed E-state index contributed by atoms with van der Waals surface area (Å²) in [6.45, 7) is 3.65. The van der Waals surface area contributed by atoms with E-state index < -0.39 is 7.60 Å². The zero-order chi connectivity index (χ0) is 12.0. The van der Waals surface area contributed by atoms with E-state index in [0.717, 1.165) is 0 Å². The van der Waals surface area contributed by atoms with E-state index in [4.69, 9.17) is 9.26 Å². The molecule has 0 aliphatic carbocycles. The predicted molar refractivity (Wildman–Crippen MR) is 62.6 cm³/mol. The Morgan fingerprint density at radius 1 is 1.38 bits per heavy atom. The summed E-state index contributed by atoms with van der Waals surface area (Å²) in [5.74, 6) is 0.560. The quantitative estimate of drug-likeness (QED) is 0.781. The summed E-state index contributed by atoms with van der Waals surface area (Å²) in [4.78, 5) is 9.49. The molecule has 4 nitrogen and oxygen atoms in total. The highest BCUT2D eigenvalue weighted by atomic mass is 31.2. The molecule has 0 spiro atoms. The Hall–Kier alpha value is -0.830. The molecule has 1 rings (SSSR count). The predicted octanol–water partition coefficient (Wildman–Crippen LogP) is 3.02. The minimum atomic E-state index is -3.65. The van der Waals surface area contributed by atoms with Crippen molar-refractivity contribution in [2.24, 2.45) is 0 Å². The van der Waals surface area contributed by atoms with E-state index in [1.165, 1.54) is 0 Å². The van der Waals surface area contributed by atoms with Crippen LogP contribution < -0.4 is 4.74 Å². The molecule has 0 amide bonds. The minimum Gasteiger partial charge on any atom is -0.481 e. The maximum atomic E-state index is 11.6. The summed E-state index contributed by atoms with van der Waals surface area (Å²) < 4.78 is 21.7. The molecule has 16 heavy (non-hydrogen) atoms. The van der Waals surface area contributed by atoms with Gasteiger partial charge in [-0.1, -0.05) is 25.1 Å². The Morgan fingerprint density at radius 2 is 2.00 bits per heavy atom. The van der Waals surface area contributed by atoms with Crippen molar-refractivity contribution in [1.82, 2.24) is 0 Å². The van der Waals surface area contributed by atoms with Crippen molar-refractivity contribution in [2.45, 2.75) is 26.4 Å². The fourth-order valence-electron chi connectivity index (χ4n) is 1.06. The van der Waals surface area contributed by atoms with Crippen molar-refractivity contribution in [3.05, 3.63) is 30.3 Å². The fourth-order valence-corrected chi connectivity index (χ4v) is 2.14. The highest BCUT2D eigenvalue weighted by molar-refractivity contribution is 7.52. The summed E-state index contributed by atoms with van der Waals surface area (Å²) in [7, 11) is -3.65. The van der Waals surface area contributed by atoms with Gasteiger partial charge in [-0.25, -0.2) is 0 Å². The first-order valence-electron chi connectivity index (χ1n) is 5.21. The van der Waals surface area contributed by atoms with Gasteiger partial charge in [-0.3, -0.25) is 4.57 Å². The topological polar surface area (TPSA) is 55.8 Å². The monoisotopic (exact) mass is 244 g/mol.